The standard InChI is InChI=1S/C17H18ClN5O4S/c18-9-3-1-8(2-4-9)6-28-17-22-11-14(19)20-7-21-15(11)23(17)16-13(26)12(25)10(5-24)27-16/h1-4,7,10,12-13,16,24-26H,5-6H2,(H2,19,20,21)/t10-,12?,13?,16-/m1/s1. The molecule has 148 valence electrons. The first-order chi connectivity index (χ1) is 13.5. The van der Waals surface area contributed by atoms with Crippen molar-refractivity contribution in [3.05, 3.63) is 41.2 Å². The number of rotatable bonds is 5. The van der Waals surface area contributed by atoms with Gasteiger partial charge >= 0.3 is 0 Å². The molecule has 0 bridgehead atoms. The first-order valence-electron chi connectivity index (χ1n) is 8.47. The molecule has 3 heterocycles. The molecule has 3 aromatic rings. The van der Waals surface area contributed by atoms with Gasteiger partial charge in [0, 0.05) is 10.8 Å². The second kappa shape index (κ2) is 7.82. The zero-order valence-electron chi connectivity index (χ0n) is 14.5. The van der Waals surface area contributed by atoms with Crippen molar-refractivity contribution in [2.75, 3.05) is 12.3 Å². The number of ether oxygens (including phenoxy) is 1. The van der Waals surface area contributed by atoms with Gasteiger partial charge in [-0.3, -0.25) is 4.57 Å². The summed E-state index contributed by atoms with van der Waals surface area (Å²) in [5, 5.41) is 31.1. The molecule has 4 rings (SSSR count). The second-order valence-corrected chi connectivity index (χ2v) is 7.72. The van der Waals surface area contributed by atoms with Crippen molar-refractivity contribution in [1.29, 1.82) is 0 Å². The minimum atomic E-state index is -1.26. The topological polar surface area (TPSA) is 140 Å². The molecule has 0 saturated carbocycles. The van der Waals surface area contributed by atoms with Gasteiger partial charge in [-0.1, -0.05) is 35.5 Å². The van der Waals surface area contributed by atoms with Crippen LogP contribution in [0.2, 0.25) is 5.02 Å². The van der Waals surface area contributed by atoms with Crippen LogP contribution in [0.5, 0.6) is 0 Å². The Kier molecular flexibility index (Phi) is 5.41. The summed E-state index contributed by atoms with van der Waals surface area (Å²) in [5.74, 6) is 0.770. The van der Waals surface area contributed by atoms with Crippen molar-refractivity contribution in [2.45, 2.75) is 35.4 Å². The normalized spacial score (nSPS) is 24.9. The summed E-state index contributed by atoms with van der Waals surface area (Å²) in [4.78, 5) is 12.7. The Balaban J connectivity index is 1.72. The molecule has 1 aromatic carbocycles. The van der Waals surface area contributed by atoms with Gasteiger partial charge in [0.1, 0.15) is 24.6 Å². The molecule has 5 N–H and O–H groups in total. The summed E-state index contributed by atoms with van der Waals surface area (Å²) >= 11 is 7.32. The molecular weight excluding hydrogens is 406 g/mol. The first kappa shape index (κ1) is 19.4. The van der Waals surface area contributed by atoms with Crippen molar-refractivity contribution >= 4 is 40.3 Å². The van der Waals surface area contributed by atoms with E-state index in [-0.39, 0.29) is 5.82 Å². The summed E-state index contributed by atoms with van der Waals surface area (Å²) in [6.45, 7) is -0.425. The van der Waals surface area contributed by atoms with Crippen LogP contribution in [0.25, 0.3) is 11.2 Å². The number of fused-ring (bicyclic) bond motifs is 1. The lowest BCUT2D eigenvalue weighted by Gasteiger charge is -2.19. The van der Waals surface area contributed by atoms with Gasteiger partial charge in [0.05, 0.1) is 6.61 Å². The highest BCUT2D eigenvalue weighted by Crippen LogP contribution is 2.37. The molecule has 0 aliphatic carbocycles. The summed E-state index contributed by atoms with van der Waals surface area (Å²) < 4.78 is 7.26. The van der Waals surface area contributed by atoms with E-state index in [1.807, 2.05) is 12.1 Å². The number of anilines is 1. The maximum atomic E-state index is 10.5. The lowest BCUT2D eigenvalue weighted by molar-refractivity contribution is -0.0548. The van der Waals surface area contributed by atoms with Gasteiger partial charge in [-0.05, 0) is 17.7 Å². The van der Waals surface area contributed by atoms with E-state index in [1.165, 1.54) is 18.1 Å². The Labute approximate surface area is 169 Å². The number of nitrogens with two attached hydrogens (primary N) is 1. The molecule has 1 aliphatic rings. The average molecular weight is 424 g/mol. The molecule has 28 heavy (non-hydrogen) atoms. The number of nitrogen functional groups attached to an aromatic ring is 1. The molecular formula is C17H18ClN5O4S. The fourth-order valence-electron chi connectivity index (χ4n) is 3.06. The van der Waals surface area contributed by atoms with Crippen LogP contribution in [0.15, 0.2) is 35.7 Å². The van der Waals surface area contributed by atoms with Crippen molar-refractivity contribution in [3.8, 4) is 0 Å². The molecule has 1 fully saturated rings. The minimum Gasteiger partial charge on any atom is -0.394 e. The third-order valence-corrected chi connectivity index (χ3v) is 5.80. The van der Waals surface area contributed by atoms with E-state index in [0.717, 1.165) is 5.56 Å². The molecule has 2 unspecified atom stereocenters. The molecule has 2 aromatic heterocycles. The van der Waals surface area contributed by atoms with Gasteiger partial charge in [0.2, 0.25) is 0 Å². The fraction of sp³-hybridized carbons (Fsp3) is 0.353. The predicted octanol–water partition coefficient (Wildman–Crippen LogP) is 0.966. The Morgan fingerprint density at radius 3 is 2.61 bits per heavy atom. The van der Waals surface area contributed by atoms with Gasteiger partial charge in [-0.25, -0.2) is 15.0 Å². The van der Waals surface area contributed by atoms with E-state index in [2.05, 4.69) is 15.0 Å². The smallest absolute Gasteiger partial charge is 0.172 e. The Morgan fingerprint density at radius 1 is 1.18 bits per heavy atom. The third kappa shape index (κ3) is 3.43. The number of hydrogen-bond acceptors (Lipinski definition) is 9. The number of aliphatic hydroxyl groups is 3. The van der Waals surface area contributed by atoms with Gasteiger partial charge in [-0.2, -0.15) is 0 Å². The number of aromatic nitrogens is 4. The van der Waals surface area contributed by atoms with E-state index in [1.54, 1.807) is 16.7 Å². The summed E-state index contributed by atoms with van der Waals surface area (Å²) in [5.41, 5.74) is 7.70. The van der Waals surface area contributed by atoms with E-state index < -0.39 is 31.1 Å². The summed E-state index contributed by atoms with van der Waals surface area (Å²) in [7, 11) is 0. The van der Waals surface area contributed by atoms with Crippen LogP contribution < -0.4 is 5.73 Å². The Hall–Kier alpha value is -1.95. The van der Waals surface area contributed by atoms with Gasteiger partial charge in [-0.15, -0.1) is 0 Å². The Morgan fingerprint density at radius 2 is 1.93 bits per heavy atom. The van der Waals surface area contributed by atoms with Gasteiger partial charge < -0.3 is 25.8 Å². The molecule has 9 nitrogen and oxygen atoms in total. The molecule has 0 spiro atoms. The van der Waals surface area contributed by atoms with Crippen molar-refractivity contribution in [1.82, 2.24) is 19.5 Å². The fourth-order valence-corrected chi connectivity index (χ4v) is 4.16. The van der Waals surface area contributed by atoms with Crippen molar-refractivity contribution in [3.63, 3.8) is 0 Å². The maximum Gasteiger partial charge on any atom is 0.172 e. The lowest BCUT2D eigenvalue weighted by atomic mass is 10.1. The van der Waals surface area contributed by atoms with E-state index >= 15 is 0 Å². The molecule has 0 amide bonds. The molecule has 0 radical (unpaired) electrons. The van der Waals surface area contributed by atoms with Crippen LogP contribution in [0.4, 0.5) is 5.82 Å². The molecule has 4 atom stereocenters. The number of halogens is 1. The highest BCUT2D eigenvalue weighted by atomic mass is 35.5. The number of benzene rings is 1. The molecule has 11 heteroatoms. The first-order valence-corrected chi connectivity index (χ1v) is 9.84. The van der Waals surface area contributed by atoms with Crippen molar-refractivity contribution < 1.29 is 20.1 Å². The highest BCUT2D eigenvalue weighted by molar-refractivity contribution is 7.98. The lowest BCUT2D eigenvalue weighted by Crippen LogP contribution is -2.33. The van der Waals surface area contributed by atoms with E-state index in [9.17, 15) is 15.3 Å². The van der Waals surface area contributed by atoms with Crippen molar-refractivity contribution in [2.24, 2.45) is 0 Å². The van der Waals surface area contributed by atoms with Crippen LogP contribution in [0.3, 0.4) is 0 Å². The van der Waals surface area contributed by atoms with Gasteiger partial charge in [0.15, 0.2) is 28.4 Å². The number of thioether (sulfide) groups is 1. The quantitative estimate of drug-likeness (QED) is 0.442. The van der Waals surface area contributed by atoms with Crippen LogP contribution in [0, 0.1) is 0 Å². The van der Waals surface area contributed by atoms with Crippen LogP contribution in [-0.2, 0) is 10.5 Å². The molecule has 1 saturated heterocycles. The van der Waals surface area contributed by atoms with Crippen LogP contribution in [-0.4, -0.2) is 59.8 Å². The maximum absolute atomic E-state index is 10.5. The highest BCUT2D eigenvalue weighted by Gasteiger charge is 2.45. The monoisotopic (exact) mass is 423 g/mol. The average Bonchev–Trinajstić information content (AvgIpc) is 3.20. The zero-order valence-corrected chi connectivity index (χ0v) is 16.1. The SMILES string of the molecule is Nc1ncnc2c1nc(SCc1ccc(Cl)cc1)n2[C@@H]1O[C@H](CO)C(O)C1O. The van der Waals surface area contributed by atoms with E-state index in [0.29, 0.717) is 27.1 Å². The third-order valence-electron chi connectivity index (χ3n) is 4.53. The predicted molar refractivity (Wildman–Crippen MR) is 104 cm³/mol. The molecule has 1 aliphatic heterocycles. The minimum absolute atomic E-state index is 0.198. The summed E-state index contributed by atoms with van der Waals surface area (Å²) in [6.07, 6.45) is -3.09. The van der Waals surface area contributed by atoms with Gasteiger partial charge in [0.25, 0.3) is 0 Å². The number of hydrogen-bond donors (Lipinski definition) is 4. The van der Waals surface area contributed by atoms with Crippen LogP contribution >= 0.6 is 23.4 Å². The zero-order chi connectivity index (χ0) is 19.8. The Bertz CT molecular complexity index is 986. The van der Waals surface area contributed by atoms with Crippen LogP contribution in [0.1, 0.15) is 11.8 Å². The largest absolute Gasteiger partial charge is 0.394 e. The van der Waals surface area contributed by atoms with E-state index in [4.69, 9.17) is 22.1 Å². The number of nitrogens with zero attached hydrogens (tertiary/aromatic N) is 4. The number of imidazole rings is 1. The second-order valence-electron chi connectivity index (χ2n) is 6.34. The summed E-state index contributed by atoms with van der Waals surface area (Å²) in [6, 6.07) is 7.41. The number of aliphatic hydroxyl groups excluding tert-OH is 3.